The van der Waals surface area contributed by atoms with E-state index in [0.29, 0.717) is 20.8 Å². The maximum absolute atomic E-state index is 11.8. The summed E-state index contributed by atoms with van der Waals surface area (Å²) in [4.78, 5) is 11.8. The second-order valence-electron chi connectivity index (χ2n) is 5.96. The molecule has 0 saturated heterocycles. The molecule has 2 aromatic rings. The number of hydrogen-bond donors (Lipinski definition) is 2. The van der Waals surface area contributed by atoms with Gasteiger partial charge in [0.25, 0.3) is 0 Å². The van der Waals surface area contributed by atoms with Crippen molar-refractivity contribution in [2.45, 2.75) is 31.5 Å². The number of carbonyl (C=O) groups excluding carboxylic acids is 1. The topological polar surface area (TPSA) is 50.4 Å². The van der Waals surface area contributed by atoms with E-state index in [9.17, 15) is 4.79 Å². The zero-order valence-corrected chi connectivity index (χ0v) is 15.5. The van der Waals surface area contributed by atoms with E-state index in [1.54, 1.807) is 12.1 Å². The number of carbonyl (C=O) groups is 1. The Labute approximate surface area is 161 Å². The lowest BCUT2D eigenvalue weighted by Gasteiger charge is -2.37. The van der Waals surface area contributed by atoms with Gasteiger partial charge in [0.05, 0.1) is 15.7 Å². The van der Waals surface area contributed by atoms with E-state index in [1.165, 1.54) is 0 Å². The number of anilines is 1. The third-order valence-corrected chi connectivity index (χ3v) is 4.84. The van der Waals surface area contributed by atoms with Crippen LogP contribution in [0.3, 0.4) is 0 Å². The van der Waals surface area contributed by atoms with Gasteiger partial charge in [-0.2, -0.15) is 0 Å². The summed E-state index contributed by atoms with van der Waals surface area (Å²) >= 11 is 18.2. The molecule has 7 heteroatoms. The first-order valence-corrected chi connectivity index (χ1v) is 9.03. The van der Waals surface area contributed by atoms with Gasteiger partial charge in [-0.3, -0.25) is 0 Å². The van der Waals surface area contributed by atoms with Crippen LogP contribution in [0.2, 0.25) is 15.1 Å². The number of benzene rings is 2. The van der Waals surface area contributed by atoms with Crippen molar-refractivity contribution in [2.24, 2.45) is 0 Å². The van der Waals surface area contributed by atoms with Crippen molar-refractivity contribution >= 4 is 46.6 Å². The molecular weight excluding hydrogens is 383 g/mol. The number of alkyl carbamates (subject to hydrolysis) is 1. The molecule has 0 spiro atoms. The molecule has 1 fully saturated rings. The fourth-order valence-electron chi connectivity index (χ4n) is 2.67. The number of rotatable bonds is 5. The highest BCUT2D eigenvalue weighted by Gasteiger charge is 2.31. The lowest BCUT2D eigenvalue weighted by molar-refractivity contribution is 0.129. The highest BCUT2D eigenvalue weighted by Crippen LogP contribution is 2.36. The summed E-state index contributed by atoms with van der Waals surface area (Å²) in [6.45, 7) is 0.261. The molecule has 0 aromatic heterocycles. The van der Waals surface area contributed by atoms with Gasteiger partial charge in [-0.15, -0.1) is 0 Å². The smallest absolute Gasteiger partial charge is 0.407 e. The minimum absolute atomic E-state index is 0.0747. The molecule has 1 saturated carbocycles. The fourth-order valence-corrected chi connectivity index (χ4v) is 3.60. The maximum atomic E-state index is 11.8. The Morgan fingerprint density at radius 2 is 1.68 bits per heavy atom. The van der Waals surface area contributed by atoms with Crippen LogP contribution in [0.4, 0.5) is 10.5 Å². The van der Waals surface area contributed by atoms with Crippen molar-refractivity contribution in [2.75, 3.05) is 5.32 Å². The highest BCUT2D eigenvalue weighted by molar-refractivity contribution is 6.41. The molecule has 25 heavy (non-hydrogen) atoms. The monoisotopic (exact) mass is 398 g/mol. The van der Waals surface area contributed by atoms with E-state index in [-0.39, 0.29) is 18.7 Å². The van der Waals surface area contributed by atoms with Crippen LogP contribution in [0.1, 0.15) is 18.4 Å². The molecule has 0 atom stereocenters. The number of nitrogens with one attached hydrogen (secondary N) is 2. The molecule has 0 aliphatic heterocycles. The van der Waals surface area contributed by atoms with E-state index < -0.39 is 6.09 Å². The quantitative estimate of drug-likeness (QED) is 0.696. The van der Waals surface area contributed by atoms with Crippen molar-refractivity contribution in [3.8, 4) is 0 Å². The number of hydrogen-bond acceptors (Lipinski definition) is 3. The van der Waals surface area contributed by atoms with Gasteiger partial charge in [-0.05, 0) is 30.5 Å². The van der Waals surface area contributed by atoms with E-state index in [0.717, 1.165) is 18.4 Å². The molecule has 2 N–H and O–H groups in total. The van der Waals surface area contributed by atoms with E-state index in [2.05, 4.69) is 10.6 Å². The third kappa shape index (κ3) is 4.94. The molecule has 0 heterocycles. The Hall–Kier alpha value is -1.62. The normalized spacial score (nSPS) is 19.0. The van der Waals surface area contributed by atoms with Crippen LogP contribution in [0.5, 0.6) is 0 Å². The van der Waals surface area contributed by atoms with Crippen LogP contribution in [0.15, 0.2) is 42.5 Å². The summed E-state index contributed by atoms with van der Waals surface area (Å²) in [6, 6.07) is 13.1. The number of ether oxygens (including phenoxy) is 1. The molecule has 3 rings (SSSR count). The van der Waals surface area contributed by atoms with Gasteiger partial charge < -0.3 is 15.4 Å². The Morgan fingerprint density at radius 1 is 1.04 bits per heavy atom. The largest absolute Gasteiger partial charge is 0.445 e. The predicted octanol–water partition coefficient (Wildman–Crippen LogP) is 5.52. The molecule has 0 unspecified atom stereocenters. The zero-order chi connectivity index (χ0) is 17.8. The van der Waals surface area contributed by atoms with E-state index in [1.807, 2.05) is 30.3 Å². The summed E-state index contributed by atoms with van der Waals surface area (Å²) < 4.78 is 5.21. The lowest BCUT2D eigenvalue weighted by Crippen LogP contribution is -2.49. The van der Waals surface area contributed by atoms with Crippen LogP contribution in [-0.4, -0.2) is 18.2 Å². The van der Waals surface area contributed by atoms with Crippen LogP contribution < -0.4 is 10.6 Å². The molecule has 0 bridgehead atoms. The molecule has 1 aliphatic carbocycles. The second kappa shape index (κ2) is 8.17. The predicted molar refractivity (Wildman–Crippen MR) is 102 cm³/mol. The van der Waals surface area contributed by atoms with Gasteiger partial charge >= 0.3 is 6.09 Å². The molecular formula is C18H17Cl3N2O2. The summed E-state index contributed by atoms with van der Waals surface area (Å²) in [7, 11) is 0. The third-order valence-electron chi connectivity index (χ3n) is 4.03. The standard InChI is InChI=1S/C18H17Cl3N2O2/c19-12-6-15(20)17(16(21)7-12)22-13-8-14(9-13)23-18(24)25-10-11-4-2-1-3-5-11/h1-7,13-14,22H,8-10H2,(H,23,24). The van der Waals surface area contributed by atoms with Crippen molar-refractivity contribution < 1.29 is 9.53 Å². The average molecular weight is 400 g/mol. The molecule has 4 nitrogen and oxygen atoms in total. The van der Waals surface area contributed by atoms with Gasteiger partial charge in [-0.1, -0.05) is 65.1 Å². The summed E-state index contributed by atoms with van der Waals surface area (Å²) in [5.41, 5.74) is 1.63. The SMILES string of the molecule is O=C(NC1CC(Nc2c(Cl)cc(Cl)cc2Cl)C1)OCc1ccccc1. The second-order valence-corrected chi connectivity index (χ2v) is 7.21. The molecule has 2 aromatic carbocycles. The highest BCUT2D eigenvalue weighted by atomic mass is 35.5. The van der Waals surface area contributed by atoms with Gasteiger partial charge in [0.15, 0.2) is 0 Å². The minimum Gasteiger partial charge on any atom is -0.445 e. The molecule has 1 amide bonds. The Kier molecular flexibility index (Phi) is 5.94. The lowest BCUT2D eigenvalue weighted by atomic mass is 9.86. The Morgan fingerprint density at radius 3 is 2.32 bits per heavy atom. The molecule has 132 valence electrons. The summed E-state index contributed by atoms with van der Waals surface area (Å²) in [6.07, 6.45) is 1.14. The Balaban J connectivity index is 1.42. The van der Waals surface area contributed by atoms with Crippen molar-refractivity contribution in [1.29, 1.82) is 0 Å². The number of amides is 1. The Bertz CT molecular complexity index is 726. The van der Waals surface area contributed by atoms with Gasteiger partial charge in [-0.25, -0.2) is 4.79 Å². The van der Waals surface area contributed by atoms with Gasteiger partial charge in [0.2, 0.25) is 0 Å². The van der Waals surface area contributed by atoms with Crippen LogP contribution >= 0.6 is 34.8 Å². The van der Waals surface area contributed by atoms with E-state index >= 15 is 0 Å². The molecule has 1 aliphatic rings. The van der Waals surface area contributed by atoms with Crippen LogP contribution in [-0.2, 0) is 11.3 Å². The van der Waals surface area contributed by atoms with Crippen LogP contribution in [0, 0.1) is 0 Å². The van der Waals surface area contributed by atoms with Crippen molar-refractivity contribution in [1.82, 2.24) is 5.32 Å². The first-order valence-electron chi connectivity index (χ1n) is 7.89. The van der Waals surface area contributed by atoms with Crippen molar-refractivity contribution in [3.05, 3.63) is 63.1 Å². The summed E-state index contributed by atoms with van der Waals surface area (Å²) in [5.74, 6) is 0. The maximum Gasteiger partial charge on any atom is 0.407 e. The van der Waals surface area contributed by atoms with Crippen molar-refractivity contribution in [3.63, 3.8) is 0 Å². The zero-order valence-electron chi connectivity index (χ0n) is 13.3. The first-order chi connectivity index (χ1) is 12.0. The van der Waals surface area contributed by atoms with E-state index in [4.69, 9.17) is 39.5 Å². The molecule has 0 radical (unpaired) electrons. The first kappa shape index (κ1) is 18.2. The number of halogens is 3. The van der Waals surface area contributed by atoms with Gasteiger partial charge in [0, 0.05) is 17.1 Å². The van der Waals surface area contributed by atoms with Crippen LogP contribution in [0.25, 0.3) is 0 Å². The summed E-state index contributed by atoms with van der Waals surface area (Å²) in [5, 5.41) is 7.60. The average Bonchev–Trinajstić information content (AvgIpc) is 2.54. The van der Waals surface area contributed by atoms with Gasteiger partial charge in [0.1, 0.15) is 6.61 Å². The minimum atomic E-state index is -0.408. The fraction of sp³-hybridized carbons (Fsp3) is 0.278.